The molecular formula is C12H10ClF3O. The second kappa shape index (κ2) is 3.95. The summed E-state index contributed by atoms with van der Waals surface area (Å²) < 4.78 is 43.0. The Kier molecular flexibility index (Phi) is 2.86. The standard InChI is InChI=1S/C12H10ClF3O/c1-2-8-3-4-9-5-6-11(13,12(14,15)16)17-10(9)7-8/h3-7H,2H2,1H3. The van der Waals surface area contributed by atoms with Crippen LogP contribution in [0.15, 0.2) is 24.3 Å². The maximum atomic E-state index is 12.7. The van der Waals surface area contributed by atoms with Gasteiger partial charge in [0.25, 0.3) is 5.06 Å². The SMILES string of the molecule is CCc1ccc2c(c1)OC(Cl)(C(F)(F)F)C=C2. The number of aryl methyl sites for hydroxylation is 1. The van der Waals surface area contributed by atoms with E-state index in [2.05, 4.69) is 0 Å². The average Bonchev–Trinajstić information content (AvgIpc) is 2.26. The van der Waals surface area contributed by atoms with Gasteiger partial charge in [0.2, 0.25) is 0 Å². The van der Waals surface area contributed by atoms with Gasteiger partial charge in [0.05, 0.1) is 0 Å². The number of rotatable bonds is 1. The zero-order valence-electron chi connectivity index (χ0n) is 9.01. The highest BCUT2D eigenvalue weighted by atomic mass is 35.5. The third-order valence-electron chi connectivity index (χ3n) is 2.61. The van der Waals surface area contributed by atoms with Crippen molar-refractivity contribution in [2.45, 2.75) is 24.6 Å². The van der Waals surface area contributed by atoms with Gasteiger partial charge in [0, 0.05) is 5.56 Å². The Hall–Kier alpha value is -1.16. The van der Waals surface area contributed by atoms with Gasteiger partial charge in [0.1, 0.15) is 5.75 Å². The highest BCUT2D eigenvalue weighted by molar-refractivity contribution is 6.25. The molecule has 17 heavy (non-hydrogen) atoms. The van der Waals surface area contributed by atoms with E-state index in [1.807, 2.05) is 13.0 Å². The van der Waals surface area contributed by atoms with E-state index < -0.39 is 11.2 Å². The van der Waals surface area contributed by atoms with Crippen molar-refractivity contribution < 1.29 is 17.9 Å². The fourth-order valence-corrected chi connectivity index (χ4v) is 1.71. The Morgan fingerprint density at radius 3 is 2.65 bits per heavy atom. The first kappa shape index (κ1) is 12.3. The van der Waals surface area contributed by atoms with Crippen molar-refractivity contribution in [2.75, 3.05) is 0 Å². The van der Waals surface area contributed by atoms with Crippen molar-refractivity contribution in [3.63, 3.8) is 0 Å². The molecular weight excluding hydrogens is 253 g/mol. The van der Waals surface area contributed by atoms with E-state index in [1.54, 1.807) is 12.1 Å². The minimum Gasteiger partial charge on any atom is -0.458 e. The lowest BCUT2D eigenvalue weighted by Gasteiger charge is -2.31. The van der Waals surface area contributed by atoms with Crippen LogP contribution in [-0.2, 0) is 6.42 Å². The van der Waals surface area contributed by atoms with Gasteiger partial charge in [-0.2, -0.15) is 13.2 Å². The highest BCUT2D eigenvalue weighted by Gasteiger charge is 2.55. The average molecular weight is 263 g/mol. The van der Waals surface area contributed by atoms with Gasteiger partial charge in [-0.05, 0) is 30.2 Å². The summed E-state index contributed by atoms with van der Waals surface area (Å²) >= 11 is 5.44. The van der Waals surface area contributed by atoms with Crippen molar-refractivity contribution in [1.82, 2.24) is 0 Å². The molecule has 1 heterocycles. The van der Waals surface area contributed by atoms with Crippen LogP contribution < -0.4 is 4.74 Å². The van der Waals surface area contributed by atoms with Crippen LogP contribution in [0.25, 0.3) is 6.08 Å². The van der Waals surface area contributed by atoms with Crippen molar-refractivity contribution in [2.24, 2.45) is 0 Å². The molecule has 1 unspecified atom stereocenters. The number of benzene rings is 1. The van der Waals surface area contributed by atoms with Crippen molar-refractivity contribution >= 4 is 17.7 Å². The van der Waals surface area contributed by atoms with Crippen LogP contribution in [-0.4, -0.2) is 11.2 Å². The maximum absolute atomic E-state index is 12.7. The molecule has 0 saturated heterocycles. The first-order valence-corrected chi connectivity index (χ1v) is 5.50. The summed E-state index contributed by atoms with van der Waals surface area (Å²) in [5.41, 5.74) is 1.50. The number of hydrogen-bond acceptors (Lipinski definition) is 1. The Bertz CT molecular complexity index is 467. The summed E-state index contributed by atoms with van der Waals surface area (Å²) in [4.78, 5) is 0. The van der Waals surface area contributed by atoms with E-state index in [-0.39, 0.29) is 5.75 Å². The van der Waals surface area contributed by atoms with Gasteiger partial charge in [-0.1, -0.05) is 30.7 Å². The quantitative estimate of drug-likeness (QED) is 0.691. The summed E-state index contributed by atoms with van der Waals surface area (Å²) in [5.74, 6) is 0.166. The third-order valence-corrected chi connectivity index (χ3v) is 3.03. The largest absolute Gasteiger partial charge is 0.458 e. The first-order valence-electron chi connectivity index (χ1n) is 5.12. The lowest BCUT2D eigenvalue weighted by Crippen LogP contribution is -2.44. The summed E-state index contributed by atoms with van der Waals surface area (Å²) in [6.07, 6.45) is -1.77. The minimum absolute atomic E-state index is 0.166. The predicted octanol–water partition coefficient (Wildman–Crippen LogP) is 4.15. The molecule has 0 saturated carbocycles. The third kappa shape index (κ3) is 2.14. The van der Waals surface area contributed by atoms with Gasteiger partial charge in [0.15, 0.2) is 0 Å². The van der Waals surface area contributed by atoms with Crippen LogP contribution in [0.3, 0.4) is 0 Å². The van der Waals surface area contributed by atoms with E-state index in [9.17, 15) is 13.2 Å². The van der Waals surface area contributed by atoms with E-state index >= 15 is 0 Å². The first-order chi connectivity index (χ1) is 7.86. The zero-order valence-corrected chi connectivity index (χ0v) is 9.77. The zero-order chi connectivity index (χ0) is 12.7. The van der Waals surface area contributed by atoms with Crippen LogP contribution in [0, 0.1) is 0 Å². The van der Waals surface area contributed by atoms with Gasteiger partial charge >= 0.3 is 6.18 Å². The maximum Gasteiger partial charge on any atom is 0.447 e. The number of ether oxygens (including phenoxy) is 1. The van der Waals surface area contributed by atoms with Crippen molar-refractivity contribution in [1.29, 1.82) is 0 Å². The number of halogens is 4. The molecule has 1 aromatic rings. The van der Waals surface area contributed by atoms with Crippen LogP contribution in [0.2, 0.25) is 0 Å². The Balaban J connectivity index is 2.41. The summed E-state index contributed by atoms with van der Waals surface area (Å²) in [6, 6.07) is 5.15. The Labute approximate surface area is 102 Å². The normalized spacial score (nSPS) is 23.1. The monoisotopic (exact) mass is 262 g/mol. The van der Waals surface area contributed by atoms with Gasteiger partial charge < -0.3 is 4.74 Å². The molecule has 0 aromatic heterocycles. The molecule has 1 aliphatic rings. The number of alkyl halides is 4. The van der Waals surface area contributed by atoms with Crippen LogP contribution in [0.4, 0.5) is 13.2 Å². The second-order valence-corrected chi connectivity index (χ2v) is 4.37. The number of hydrogen-bond donors (Lipinski definition) is 0. The van der Waals surface area contributed by atoms with E-state index in [0.717, 1.165) is 18.1 Å². The van der Waals surface area contributed by atoms with E-state index in [1.165, 1.54) is 6.08 Å². The molecule has 1 nitrogen and oxygen atoms in total. The smallest absolute Gasteiger partial charge is 0.447 e. The van der Waals surface area contributed by atoms with Gasteiger partial charge in [-0.15, -0.1) is 0 Å². The molecule has 0 fully saturated rings. The van der Waals surface area contributed by atoms with Gasteiger partial charge in [-0.25, -0.2) is 0 Å². The van der Waals surface area contributed by atoms with Crippen molar-refractivity contribution in [3.8, 4) is 5.75 Å². The molecule has 2 rings (SSSR count). The minimum atomic E-state index is -4.65. The lowest BCUT2D eigenvalue weighted by molar-refractivity contribution is -0.197. The molecule has 0 aliphatic carbocycles. The molecule has 1 aromatic carbocycles. The number of fused-ring (bicyclic) bond motifs is 1. The molecule has 5 heteroatoms. The summed E-state index contributed by atoms with van der Waals surface area (Å²) in [5, 5.41) is -2.76. The van der Waals surface area contributed by atoms with Crippen LogP contribution in [0.5, 0.6) is 5.75 Å². The molecule has 0 amide bonds. The fourth-order valence-electron chi connectivity index (χ4n) is 1.57. The van der Waals surface area contributed by atoms with Crippen LogP contribution >= 0.6 is 11.6 Å². The van der Waals surface area contributed by atoms with E-state index in [0.29, 0.717) is 5.56 Å². The van der Waals surface area contributed by atoms with Crippen LogP contribution in [0.1, 0.15) is 18.1 Å². The molecule has 1 atom stereocenters. The molecule has 0 N–H and O–H groups in total. The molecule has 0 bridgehead atoms. The fraction of sp³-hybridized carbons (Fsp3) is 0.333. The van der Waals surface area contributed by atoms with Crippen molar-refractivity contribution in [3.05, 3.63) is 35.4 Å². The highest BCUT2D eigenvalue weighted by Crippen LogP contribution is 2.43. The summed E-state index contributed by atoms with van der Waals surface area (Å²) in [7, 11) is 0. The molecule has 0 spiro atoms. The lowest BCUT2D eigenvalue weighted by atomic mass is 10.0. The predicted molar refractivity (Wildman–Crippen MR) is 60.1 cm³/mol. The topological polar surface area (TPSA) is 9.23 Å². The summed E-state index contributed by atoms with van der Waals surface area (Å²) in [6.45, 7) is 1.91. The molecule has 1 aliphatic heterocycles. The van der Waals surface area contributed by atoms with E-state index in [4.69, 9.17) is 16.3 Å². The molecule has 0 radical (unpaired) electrons. The second-order valence-electron chi connectivity index (χ2n) is 3.80. The molecule has 92 valence electrons. The Morgan fingerprint density at radius 1 is 1.35 bits per heavy atom. The Morgan fingerprint density at radius 2 is 2.06 bits per heavy atom. The van der Waals surface area contributed by atoms with Gasteiger partial charge in [-0.3, -0.25) is 0 Å².